The largest absolute Gasteiger partial charge is 0.466 e. The van der Waals surface area contributed by atoms with Gasteiger partial charge in [0.2, 0.25) is 0 Å². The minimum atomic E-state index is -2.94. The molecule has 7 heteroatoms. The number of rotatable bonds is 5. The van der Waals surface area contributed by atoms with Gasteiger partial charge < -0.3 is 14.4 Å². The molecule has 0 saturated carbocycles. The molecule has 1 aliphatic heterocycles. The smallest absolute Gasteiger partial charge is 0.387 e. The zero-order chi connectivity index (χ0) is 16.8. The summed E-state index contributed by atoms with van der Waals surface area (Å²) in [7, 11) is 0. The second-order valence-electron chi connectivity index (χ2n) is 5.25. The lowest BCUT2D eigenvalue weighted by molar-refractivity contribution is -0.149. The normalized spacial score (nSPS) is 17.9. The Hall–Kier alpha value is -2.18. The summed E-state index contributed by atoms with van der Waals surface area (Å²) in [4.78, 5) is 25.9. The number of alkyl halides is 2. The van der Waals surface area contributed by atoms with E-state index < -0.39 is 6.61 Å². The van der Waals surface area contributed by atoms with E-state index in [0.29, 0.717) is 26.0 Å². The van der Waals surface area contributed by atoms with E-state index in [9.17, 15) is 18.4 Å². The number of halogens is 2. The fourth-order valence-electron chi connectivity index (χ4n) is 2.60. The summed E-state index contributed by atoms with van der Waals surface area (Å²) in [5, 5.41) is 0. The molecule has 2 rings (SSSR count). The molecule has 126 valence electrons. The third-order valence-electron chi connectivity index (χ3n) is 3.63. The van der Waals surface area contributed by atoms with Gasteiger partial charge in [0.05, 0.1) is 12.5 Å². The van der Waals surface area contributed by atoms with Gasteiger partial charge in [-0.2, -0.15) is 8.78 Å². The van der Waals surface area contributed by atoms with Crippen molar-refractivity contribution in [3.63, 3.8) is 0 Å². The second kappa shape index (κ2) is 7.89. The molecule has 1 aromatic carbocycles. The average Bonchev–Trinajstić information content (AvgIpc) is 2.54. The van der Waals surface area contributed by atoms with Gasteiger partial charge in [0, 0.05) is 18.7 Å². The number of carbonyl (C=O) groups excluding carboxylic acids is 2. The van der Waals surface area contributed by atoms with Gasteiger partial charge in [-0.3, -0.25) is 9.59 Å². The van der Waals surface area contributed by atoms with Crippen molar-refractivity contribution in [3.05, 3.63) is 29.8 Å². The lowest BCUT2D eigenvalue weighted by Gasteiger charge is -2.31. The molecule has 0 aromatic heterocycles. The summed E-state index contributed by atoms with van der Waals surface area (Å²) in [5.74, 6) is -1.02. The highest BCUT2D eigenvalue weighted by atomic mass is 19.3. The first-order valence-electron chi connectivity index (χ1n) is 7.52. The fourth-order valence-corrected chi connectivity index (χ4v) is 2.60. The van der Waals surface area contributed by atoms with E-state index in [0.717, 1.165) is 0 Å². The monoisotopic (exact) mass is 327 g/mol. The molecule has 1 aromatic rings. The Bertz CT molecular complexity index is 565. The van der Waals surface area contributed by atoms with Crippen molar-refractivity contribution in [2.75, 3.05) is 19.7 Å². The molecular weight excluding hydrogens is 308 g/mol. The van der Waals surface area contributed by atoms with Crippen LogP contribution in [0.4, 0.5) is 8.78 Å². The van der Waals surface area contributed by atoms with Crippen molar-refractivity contribution >= 4 is 11.9 Å². The summed E-state index contributed by atoms with van der Waals surface area (Å²) in [6.45, 7) is -0.107. The first-order chi connectivity index (χ1) is 11.0. The van der Waals surface area contributed by atoms with Crippen molar-refractivity contribution < 1.29 is 27.8 Å². The molecule has 23 heavy (non-hydrogen) atoms. The number of likely N-dealkylation sites (tertiary alicyclic amines) is 1. The van der Waals surface area contributed by atoms with E-state index >= 15 is 0 Å². The number of ether oxygens (including phenoxy) is 2. The van der Waals surface area contributed by atoms with Crippen LogP contribution in [0.5, 0.6) is 5.75 Å². The minimum Gasteiger partial charge on any atom is -0.466 e. The molecule has 0 N–H and O–H groups in total. The van der Waals surface area contributed by atoms with Crippen molar-refractivity contribution in [1.29, 1.82) is 0 Å². The van der Waals surface area contributed by atoms with Crippen LogP contribution in [0.25, 0.3) is 0 Å². The number of hydrogen-bond acceptors (Lipinski definition) is 4. The number of esters is 1. The summed E-state index contributed by atoms with van der Waals surface area (Å²) in [6.07, 6.45) is 1.37. The van der Waals surface area contributed by atoms with E-state index in [2.05, 4.69) is 4.74 Å². The standard InChI is InChI=1S/C16H19F2NO4/c1-2-22-15(21)12-6-4-8-19(10-12)14(20)11-5-3-7-13(9-11)23-16(17)18/h3,5,7,9,12,16H,2,4,6,8,10H2,1H3. The number of benzene rings is 1. The van der Waals surface area contributed by atoms with Crippen molar-refractivity contribution in [2.24, 2.45) is 5.92 Å². The molecule has 0 bridgehead atoms. The zero-order valence-electron chi connectivity index (χ0n) is 12.8. The first-order valence-corrected chi connectivity index (χ1v) is 7.52. The van der Waals surface area contributed by atoms with Gasteiger partial charge in [0.25, 0.3) is 5.91 Å². The van der Waals surface area contributed by atoms with Gasteiger partial charge in [-0.25, -0.2) is 0 Å². The highest BCUT2D eigenvalue weighted by Crippen LogP contribution is 2.22. The number of piperidine rings is 1. The Morgan fingerprint density at radius 3 is 2.87 bits per heavy atom. The molecular formula is C16H19F2NO4. The number of amides is 1. The summed E-state index contributed by atoms with van der Waals surface area (Å²) >= 11 is 0. The Kier molecular flexibility index (Phi) is 5.90. The number of carbonyl (C=O) groups is 2. The van der Waals surface area contributed by atoms with Crippen molar-refractivity contribution in [1.82, 2.24) is 4.90 Å². The van der Waals surface area contributed by atoms with Gasteiger partial charge in [0.1, 0.15) is 5.75 Å². The van der Waals surface area contributed by atoms with E-state index in [-0.39, 0.29) is 35.7 Å². The van der Waals surface area contributed by atoms with Crippen LogP contribution in [-0.2, 0) is 9.53 Å². The van der Waals surface area contributed by atoms with Gasteiger partial charge in [-0.1, -0.05) is 6.07 Å². The number of hydrogen-bond donors (Lipinski definition) is 0. The van der Waals surface area contributed by atoms with E-state index in [1.165, 1.54) is 24.3 Å². The van der Waals surface area contributed by atoms with Crippen LogP contribution in [0.1, 0.15) is 30.1 Å². The van der Waals surface area contributed by atoms with Crippen LogP contribution in [0.15, 0.2) is 24.3 Å². The summed E-state index contributed by atoms with van der Waals surface area (Å²) < 4.78 is 33.8. The average molecular weight is 327 g/mol. The van der Waals surface area contributed by atoms with Crippen LogP contribution in [-0.4, -0.2) is 43.1 Å². The quantitative estimate of drug-likeness (QED) is 0.780. The van der Waals surface area contributed by atoms with E-state index in [4.69, 9.17) is 4.74 Å². The molecule has 0 spiro atoms. The van der Waals surface area contributed by atoms with Gasteiger partial charge in [-0.15, -0.1) is 0 Å². The SMILES string of the molecule is CCOC(=O)C1CCCN(C(=O)c2cccc(OC(F)F)c2)C1. The summed E-state index contributed by atoms with van der Waals surface area (Å²) in [5.41, 5.74) is 0.257. The second-order valence-corrected chi connectivity index (χ2v) is 5.25. The number of nitrogens with zero attached hydrogens (tertiary/aromatic N) is 1. The fraction of sp³-hybridized carbons (Fsp3) is 0.500. The Labute approximate surface area is 133 Å². The molecule has 1 heterocycles. The molecule has 1 amide bonds. The maximum atomic E-state index is 12.5. The van der Waals surface area contributed by atoms with E-state index in [1.807, 2.05) is 0 Å². The molecule has 0 aliphatic carbocycles. The molecule has 1 aliphatic rings. The lowest BCUT2D eigenvalue weighted by Crippen LogP contribution is -2.42. The van der Waals surface area contributed by atoms with Crippen LogP contribution in [0.3, 0.4) is 0 Å². The molecule has 1 unspecified atom stereocenters. The lowest BCUT2D eigenvalue weighted by atomic mass is 9.97. The first kappa shape index (κ1) is 17.2. The van der Waals surface area contributed by atoms with E-state index in [1.54, 1.807) is 11.8 Å². The predicted octanol–water partition coefficient (Wildman–Crippen LogP) is 2.70. The maximum Gasteiger partial charge on any atom is 0.387 e. The molecule has 0 radical (unpaired) electrons. The van der Waals surface area contributed by atoms with Gasteiger partial charge in [0.15, 0.2) is 0 Å². The predicted molar refractivity (Wildman–Crippen MR) is 78.3 cm³/mol. The third-order valence-corrected chi connectivity index (χ3v) is 3.63. The Morgan fingerprint density at radius 1 is 1.39 bits per heavy atom. The van der Waals surface area contributed by atoms with Gasteiger partial charge in [-0.05, 0) is 38.0 Å². The molecule has 1 atom stereocenters. The zero-order valence-corrected chi connectivity index (χ0v) is 12.8. The molecule has 1 saturated heterocycles. The maximum absolute atomic E-state index is 12.5. The molecule has 5 nitrogen and oxygen atoms in total. The van der Waals surface area contributed by atoms with Crippen molar-refractivity contribution in [2.45, 2.75) is 26.4 Å². The topological polar surface area (TPSA) is 55.8 Å². The highest BCUT2D eigenvalue weighted by molar-refractivity contribution is 5.95. The Balaban J connectivity index is 2.06. The van der Waals surface area contributed by atoms with Crippen LogP contribution < -0.4 is 4.74 Å². The summed E-state index contributed by atoms with van der Waals surface area (Å²) in [6, 6.07) is 5.66. The van der Waals surface area contributed by atoms with Crippen LogP contribution >= 0.6 is 0 Å². The minimum absolute atomic E-state index is 0.0650. The molecule has 1 fully saturated rings. The van der Waals surface area contributed by atoms with Crippen LogP contribution in [0, 0.1) is 5.92 Å². The highest BCUT2D eigenvalue weighted by Gasteiger charge is 2.29. The Morgan fingerprint density at radius 2 is 2.17 bits per heavy atom. The van der Waals surface area contributed by atoms with Crippen LogP contribution in [0.2, 0.25) is 0 Å². The van der Waals surface area contributed by atoms with Crippen molar-refractivity contribution in [3.8, 4) is 5.75 Å². The van der Waals surface area contributed by atoms with Gasteiger partial charge >= 0.3 is 12.6 Å². The third kappa shape index (κ3) is 4.64.